The van der Waals surface area contributed by atoms with E-state index in [0.717, 1.165) is 29.7 Å². The highest BCUT2D eigenvalue weighted by molar-refractivity contribution is 5.41. The molecule has 1 atom stereocenters. The maximum Gasteiger partial charge on any atom is 0.126 e. The Balaban J connectivity index is 1.88. The lowest BCUT2D eigenvalue weighted by Crippen LogP contribution is -2.15. The van der Waals surface area contributed by atoms with E-state index in [1.807, 2.05) is 24.4 Å². The van der Waals surface area contributed by atoms with Crippen LogP contribution in [0.2, 0.25) is 0 Å². The standard InChI is InChI=1S/C14H13NO2/c16-12-4-6-13-10(8-12)3-5-14(17-13)11-2-1-7-15-9-11/h1-2,4,6-9,14,16H,3,5H2/t14-/m1/s1. The molecule has 3 rings (SSSR count). The molecule has 0 fully saturated rings. The van der Waals surface area contributed by atoms with Crippen LogP contribution >= 0.6 is 0 Å². The molecular weight excluding hydrogens is 214 g/mol. The van der Waals surface area contributed by atoms with Crippen LogP contribution in [0.3, 0.4) is 0 Å². The molecule has 1 N–H and O–H groups in total. The molecule has 0 saturated carbocycles. The van der Waals surface area contributed by atoms with Crippen molar-refractivity contribution in [2.45, 2.75) is 18.9 Å². The minimum atomic E-state index is 0.0701. The largest absolute Gasteiger partial charge is 0.508 e. The van der Waals surface area contributed by atoms with Crippen molar-refractivity contribution in [3.63, 3.8) is 0 Å². The first-order valence-corrected chi connectivity index (χ1v) is 5.71. The van der Waals surface area contributed by atoms with Crippen molar-refractivity contribution in [1.82, 2.24) is 4.98 Å². The first-order valence-electron chi connectivity index (χ1n) is 5.71. The summed E-state index contributed by atoms with van der Waals surface area (Å²) in [6, 6.07) is 9.21. The summed E-state index contributed by atoms with van der Waals surface area (Å²) >= 11 is 0. The van der Waals surface area contributed by atoms with Gasteiger partial charge in [0.2, 0.25) is 0 Å². The van der Waals surface area contributed by atoms with Crippen LogP contribution < -0.4 is 4.74 Å². The molecule has 0 spiro atoms. The van der Waals surface area contributed by atoms with Crippen LogP contribution in [0.4, 0.5) is 0 Å². The number of fused-ring (bicyclic) bond motifs is 1. The van der Waals surface area contributed by atoms with Gasteiger partial charge in [0.15, 0.2) is 0 Å². The normalized spacial score (nSPS) is 18.2. The lowest BCUT2D eigenvalue weighted by atomic mass is 9.98. The van der Waals surface area contributed by atoms with Crippen LogP contribution in [0.1, 0.15) is 23.7 Å². The molecule has 0 unspecified atom stereocenters. The van der Waals surface area contributed by atoms with Crippen LogP contribution in [0.15, 0.2) is 42.7 Å². The number of hydrogen-bond acceptors (Lipinski definition) is 3. The highest BCUT2D eigenvalue weighted by Gasteiger charge is 2.21. The number of aromatic hydroxyl groups is 1. The van der Waals surface area contributed by atoms with E-state index in [2.05, 4.69) is 4.98 Å². The van der Waals surface area contributed by atoms with Gasteiger partial charge in [-0.25, -0.2) is 0 Å². The average Bonchev–Trinajstić information content (AvgIpc) is 2.39. The Morgan fingerprint density at radius 3 is 3.06 bits per heavy atom. The zero-order valence-electron chi connectivity index (χ0n) is 9.34. The summed E-state index contributed by atoms with van der Waals surface area (Å²) in [6.45, 7) is 0. The van der Waals surface area contributed by atoms with E-state index in [4.69, 9.17) is 4.74 Å². The highest BCUT2D eigenvalue weighted by Crippen LogP contribution is 2.36. The molecule has 86 valence electrons. The van der Waals surface area contributed by atoms with Gasteiger partial charge in [0.25, 0.3) is 0 Å². The zero-order chi connectivity index (χ0) is 11.7. The molecule has 0 aliphatic carbocycles. The number of ether oxygens (including phenoxy) is 1. The Morgan fingerprint density at radius 1 is 1.29 bits per heavy atom. The second-order valence-electron chi connectivity index (χ2n) is 4.22. The van der Waals surface area contributed by atoms with Crippen LogP contribution in [0.5, 0.6) is 11.5 Å². The summed E-state index contributed by atoms with van der Waals surface area (Å²) in [5.41, 5.74) is 2.18. The Hall–Kier alpha value is -2.03. The number of hydrogen-bond donors (Lipinski definition) is 1. The van der Waals surface area contributed by atoms with Crippen LogP contribution in [-0.2, 0) is 6.42 Å². The first kappa shape index (κ1) is 10.1. The SMILES string of the molecule is Oc1ccc2c(c1)CC[C@H](c1cccnc1)O2. The molecule has 3 heteroatoms. The van der Waals surface area contributed by atoms with Gasteiger partial charge in [-0.1, -0.05) is 6.07 Å². The summed E-state index contributed by atoms with van der Waals surface area (Å²) in [6.07, 6.45) is 5.51. The minimum Gasteiger partial charge on any atom is -0.508 e. The van der Waals surface area contributed by atoms with Crippen molar-refractivity contribution in [2.75, 3.05) is 0 Å². The quantitative estimate of drug-likeness (QED) is 0.814. The molecule has 1 aliphatic heterocycles. The van der Waals surface area contributed by atoms with Gasteiger partial charge in [0.1, 0.15) is 17.6 Å². The number of benzene rings is 1. The van der Waals surface area contributed by atoms with E-state index in [1.54, 1.807) is 18.3 Å². The van der Waals surface area contributed by atoms with E-state index in [-0.39, 0.29) is 6.10 Å². The van der Waals surface area contributed by atoms with Crippen molar-refractivity contribution in [3.05, 3.63) is 53.9 Å². The molecular formula is C14H13NO2. The van der Waals surface area contributed by atoms with Gasteiger partial charge in [-0.2, -0.15) is 0 Å². The van der Waals surface area contributed by atoms with Crippen LogP contribution in [0.25, 0.3) is 0 Å². The molecule has 0 bridgehead atoms. The second-order valence-corrected chi connectivity index (χ2v) is 4.22. The maximum atomic E-state index is 9.41. The van der Waals surface area contributed by atoms with Gasteiger partial charge in [0.05, 0.1) is 0 Å². The van der Waals surface area contributed by atoms with Gasteiger partial charge in [0, 0.05) is 18.0 Å². The summed E-state index contributed by atoms with van der Waals surface area (Å²) < 4.78 is 5.92. The van der Waals surface area contributed by atoms with E-state index < -0.39 is 0 Å². The molecule has 17 heavy (non-hydrogen) atoms. The molecule has 0 saturated heterocycles. The molecule has 1 aromatic heterocycles. The minimum absolute atomic E-state index is 0.0701. The maximum absolute atomic E-state index is 9.41. The van der Waals surface area contributed by atoms with E-state index >= 15 is 0 Å². The van der Waals surface area contributed by atoms with Gasteiger partial charge in [-0.05, 0) is 42.7 Å². The van der Waals surface area contributed by atoms with Crippen LogP contribution in [-0.4, -0.2) is 10.1 Å². The molecule has 1 aromatic carbocycles. The van der Waals surface area contributed by atoms with E-state index in [0.29, 0.717) is 5.75 Å². The first-order chi connectivity index (χ1) is 8.33. The highest BCUT2D eigenvalue weighted by atomic mass is 16.5. The lowest BCUT2D eigenvalue weighted by Gasteiger charge is -2.26. The number of phenols is 1. The third-order valence-electron chi connectivity index (χ3n) is 3.05. The van der Waals surface area contributed by atoms with Gasteiger partial charge in [-0.15, -0.1) is 0 Å². The summed E-state index contributed by atoms with van der Waals surface area (Å²) in [7, 11) is 0. The van der Waals surface area contributed by atoms with Crippen molar-refractivity contribution in [1.29, 1.82) is 0 Å². The fraction of sp³-hybridized carbons (Fsp3) is 0.214. The van der Waals surface area contributed by atoms with Gasteiger partial charge in [-0.3, -0.25) is 4.98 Å². The number of aryl methyl sites for hydroxylation is 1. The number of rotatable bonds is 1. The predicted octanol–water partition coefficient (Wildman–Crippen LogP) is 2.85. The van der Waals surface area contributed by atoms with Gasteiger partial charge >= 0.3 is 0 Å². The Kier molecular flexibility index (Phi) is 2.44. The number of pyridine rings is 1. The Bertz CT molecular complexity index is 525. The predicted molar refractivity (Wildman–Crippen MR) is 64.0 cm³/mol. The van der Waals surface area contributed by atoms with E-state index in [1.165, 1.54) is 0 Å². The van der Waals surface area contributed by atoms with Crippen molar-refractivity contribution >= 4 is 0 Å². The third kappa shape index (κ3) is 1.96. The number of aromatic nitrogens is 1. The van der Waals surface area contributed by atoms with Crippen molar-refractivity contribution in [2.24, 2.45) is 0 Å². The van der Waals surface area contributed by atoms with Crippen molar-refractivity contribution < 1.29 is 9.84 Å². The van der Waals surface area contributed by atoms with Crippen LogP contribution in [0, 0.1) is 0 Å². The van der Waals surface area contributed by atoms with E-state index in [9.17, 15) is 5.11 Å². The average molecular weight is 227 g/mol. The molecule has 0 radical (unpaired) electrons. The molecule has 0 amide bonds. The number of nitrogens with zero attached hydrogens (tertiary/aromatic N) is 1. The summed E-state index contributed by atoms with van der Waals surface area (Å²) in [5.74, 6) is 1.16. The molecule has 2 aromatic rings. The zero-order valence-corrected chi connectivity index (χ0v) is 9.34. The topological polar surface area (TPSA) is 42.4 Å². The third-order valence-corrected chi connectivity index (χ3v) is 3.05. The number of phenolic OH excluding ortho intramolecular Hbond substituents is 1. The fourth-order valence-corrected chi connectivity index (χ4v) is 2.18. The van der Waals surface area contributed by atoms with Crippen molar-refractivity contribution in [3.8, 4) is 11.5 Å². The summed E-state index contributed by atoms with van der Waals surface area (Å²) in [4.78, 5) is 4.11. The molecule has 1 aliphatic rings. The smallest absolute Gasteiger partial charge is 0.126 e. The summed E-state index contributed by atoms with van der Waals surface area (Å²) in [5, 5.41) is 9.41. The van der Waals surface area contributed by atoms with Gasteiger partial charge < -0.3 is 9.84 Å². The lowest BCUT2D eigenvalue weighted by molar-refractivity contribution is 0.176. The Morgan fingerprint density at radius 2 is 2.24 bits per heavy atom. The second kappa shape index (κ2) is 4.09. The molecule has 3 nitrogen and oxygen atoms in total. The monoisotopic (exact) mass is 227 g/mol. The fourth-order valence-electron chi connectivity index (χ4n) is 2.18. The Labute approximate surface area is 99.7 Å². The molecule has 2 heterocycles.